The lowest BCUT2D eigenvalue weighted by molar-refractivity contribution is -0.142. The zero-order valence-corrected chi connectivity index (χ0v) is 9.47. The maximum Gasteiger partial charge on any atom is 0.329 e. The van der Waals surface area contributed by atoms with Crippen LogP contribution in [0, 0.1) is 11.6 Å². The first-order chi connectivity index (χ1) is 9.04. The standard InChI is InChI=1S/C11H8F2N2O4/c12-7-1-6(2-8(13)3-7)11-14-9(19-15-11)4-18-5-10(16)17/h1-3H,4-5H2,(H,16,17). The molecular formula is C11H8F2N2O4. The van der Waals surface area contributed by atoms with Gasteiger partial charge in [-0.2, -0.15) is 4.98 Å². The molecule has 6 nitrogen and oxygen atoms in total. The number of aromatic nitrogens is 2. The van der Waals surface area contributed by atoms with Gasteiger partial charge in [-0.1, -0.05) is 5.16 Å². The van der Waals surface area contributed by atoms with Crippen molar-refractivity contribution in [2.75, 3.05) is 6.61 Å². The van der Waals surface area contributed by atoms with Crippen LogP contribution in [0.25, 0.3) is 11.4 Å². The molecule has 0 saturated carbocycles. The fourth-order valence-corrected chi connectivity index (χ4v) is 1.34. The average molecular weight is 270 g/mol. The molecule has 0 bridgehead atoms. The molecule has 0 unspecified atom stereocenters. The van der Waals surface area contributed by atoms with Crippen molar-refractivity contribution >= 4 is 5.97 Å². The maximum atomic E-state index is 13.0. The van der Waals surface area contributed by atoms with E-state index >= 15 is 0 Å². The highest BCUT2D eigenvalue weighted by Gasteiger charge is 2.11. The minimum atomic E-state index is -1.13. The molecule has 1 N–H and O–H groups in total. The van der Waals surface area contributed by atoms with E-state index < -0.39 is 24.2 Å². The van der Waals surface area contributed by atoms with Gasteiger partial charge >= 0.3 is 5.97 Å². The Balaban J connectivity index is 2.09. The van der Waals surface area contributed by atoms with Crippen molar-refractivity contribution < 1.29 is 27.9 Å². The Labute approximate surface area is 105 Å². The van der Waals surface area contributed by atoms with Gasteiger partial charge in [0, 0.05) is 11.6 Å². The molecule has 8 heteroatoms. The third-order valence-corrected chi connectivity index (χ3v) is 2.04. The van der Waals surface area contributed by atoms with E-state index in [9.17, 15) is 13.6 Å². The van der Waals surface area contributed by atoms with Crippen molar-refractivity contribution in [1.82, 2.24) is 10.1 Å². The van der Waals surface area contributed by atoms with Gasteiger partial charge < -0.3 is 14.4 Å². The predicted octanol–water partition coefficient (Wildman–Crippen LogP) is 1.62. The third-order valence-electron chi connectivity index (χ3n) is 2.04. The molecule has 1 aromatic heterocycles. The van der Waals surface area contributed by atoms with Gasteiger partial charge in [0.2, 0.25) is 5.82 Å². The minimum Gasteiger partial charge on any atom is -0.480 e. The quantitative estimate of drug-likeness (QED) is 0.888. The highest BCUT2D eigenvalue weighted by Crippen LogP contribution is 2.18. The van der Waals surface area contributed by atoms with Crippen LogP contribution in [-0.2, 0) is 16.1 Å². The van der Waals surface area contributed by atoms with Crippen molar-refractivity contribution in [3.63, 3.8) is 0 Å². The van der Waals surface area contributed by atoms with Crippen LogP contribution in [0.4, 0.5) is 8.78 Å². The van der Waals surface area contributed by atoms with Crippen molar-refractivity contribution in [3.8, 4) is 11.4 Å². The first-order valence-electron chi connectivity index (χ1n) is 5.13. The summed E-state index contributed by atoms with van der Waals surface area (Å²) in [7, 11) is 0. The number of carboxylic acids is 1. The second-order valence-electron chi connectivity index (χ2n) is 3.56. The van der Waals surface area contributed by atoms with Gasteiger partial charge in [-0.3, -0.25) is 0 Å². The Morgan fingerprint density at radius 1 is 1.32 bits per heavy atom. The molecule has 0 fully saturated rings. The molecule has 1 aromatic carbocycles. The zero-order valence-electron chi connectivity index (χ0n) is 9.47. The molecule has 0 aliphatic carbocycles. The number of carboxylic acid groups (broad SMARTS) is 1. The second-order valence-corrected chi connectivity index (χ2v) is 3.56. The van der Waals surface area contributed by atoms with Gasteiger partial charge in [-0.05, 0) is 12.1 Å². The van der Waals surface area contributed by atoms with Crippen molar-refractivity contribution in [2.45, 2.75) is 6.61 Å². The largest absolute Gasteiger partial charge is 0.480 e. The van der Waals surface area contributed by atoms with Gasteiger partial charge in [0.15, 0.2) is 0 Å². The van der Waals surface area contributed by atoms with E-state index in [1.54, 1.807) is 0 Å². The van der Waals surface area contributed by atoms with Crippen molar-refractivity contribution in [3.05, 3.63) is 35.7 Å². The number of nitrogens with zero attached hydrogens (tertiary/aromatic N) is 2. The summed E-state index contributed by atoms with van der Waals surface area (Å²) in [4.78, 5) is 14.0. The van der Waals surface area contributed by atoms with Crippen molar-refractivity contribution in [2.24, 2.45) is 0 Å². The summed E-state index contributed by atoms with van der Waals surface area (Å²) in [6.07, 6.45) is 0. The lowest BCUT2D eigenvalue weighted by atomic mass is 10.2. The summed E-state index contributed by atoms with van der Waals surface area (Å²) < 4.78 is 35.5. The molecule has 0 spiro atoms. The number of hydrogen-bond donors (Lipinski definition) is 1. The van der Waals surface area contributed by atoms with Crippen LogP contribution in [0.2, 0.25) is 0 Å². The normalized spacial score (nSPS) is 10.6. The van der Waals surface area contributed by atoms with Crippen LogP contribution in [0.3, 0.4) is 0 Å². The van der Waals surface area contributed by atoms with Gasteiger partial charge in [0.25, 0.3) is 5.89 Å². The first kappa shape index (κ1) is 13.1. The topological polar surface area (TPSA) is 85.5 Å². The van der Waals surface area contributed by atoms with E-state index in [-0.39, 0.29) is 23.9 Å². The fraction of sp³-hybridized carbons (Fsp3) is 0.182. The summed E-state index contributed by atoms with van der Waals surface area (Å²) in [5.74, 6) is -2.65. The lowest BCUT2D eigenvalue weighted by Crippen LogP contribution is -2.06. The molecule has 0 aliphatic heterocycles. The van der Waals surface area contributed by atoms with E-state index in [1.165, 1.54) is 0 Å². The van der Waals surface area contributed by atoms with E-state index in [4.69, 9.17) is 14.4 Å². The van der Waals surface area contributed by atoms with Crippen LogP contribution in [0.5, 0.6) is 0 Å². The molecular weight excluding hydrogens is 262 g/mol. The van der Waals surface area contributed by atoms with Gasteiger partial charge in [0.05, 0.1) is 0 Å². The zero-order chi connectivity index (χ0) is 13.8. The van der Waals surface area contributed by atoms with Gasteiger partial charge in [-0.25, -0.2) is 13.6 Å². The highest BCUT2D eigenvalue weighted by atomic mass is 19.1. The number of hydrogen-bond acceptors (Lipinski definition) is 5. The second kappa shape index (κ2) is 5.53. The lowest BCUT2D eigenvalue weighted by Gasteiger charge is -1.96. The van der Waals surface area contributed by atoms with Crippen LogP contribution < -0.4 is 0 Å². The first-order valence-corrected chi connectivity index (χ1v) is 5.13. The summed E-state index contributed by atoms with van der Waals surface area (Å²) in [5.41, 5.74) is 0.116. The van der Waals surface area contributed by atoms with Crippen LogP contribution in [0.1, 0.15) is 5.89 Å². The average Bonchev–Trinajstić information content (AvgIpc) is 2.76. The Bertz CT molecular complexity index is 580. The van der Waals surface area contributed by atoms with E-state index in [1.807, 2.05) is 0 Å². The predicted molar refractivity (Wildman–Crippen MR) is 56.9 cm³/mol. The molecule has 0 saturated heterocycles. The molecule has 19 heavy (non-hydrogen) atoms. The van der Waals surface area contributed by atoms with E-state index in [0.29, 0.717) is 0 Å². The van der Waals surface area contributed by atoms with Crippen LogP contribution in [0.15, 0.2) is 22.7 Å². The number of ether oxygens (including phenoxy) is 1. The number of aliphatic carboxylic acids is 1. The third kappa shape index (κ3) is 3.55. The monoisotopic (exact) mass is 270 g/mol. The van der Waals surface area contributed by atoms with Gasteiger partial charge in [-0.15, -0.1) is 0 Å². The molecule has 0 radical (unpaired) electrons. The van der Waals surface area contributed by atoms with E-state index in [0.717, 1.165) is 18.2 Å². The van der Waals surface area contributed by atoms with E-state index in [2.05, 4.69) is 10.1 Å². The number of rotatable bonds is 5. The molecule has 0 aliphatic rings. The Morgan fingerprint density at radius 2 is 2.00 bits per heavy atom. The molecule has 1 heterocycles. The summed E-state index contributed by atoms with van der Waals surface area (Å²) >= 11 is 0. The Morgan fingerprint density at radius 3 is 2.63 bits per heavy atom. The summed E-state index contributed by atoms with van der Waals surface area (Å²) in [6, 6.07) is 2.83. The highest BCUT2D eigenvalue weighted by molar-refractivity contribution is 5.67. The SMILES string of the molecule is O=C(O)COCc1nc(-c2cc(F)cc(F)c2)no1. The van der Waals surface area contributed by atoms with Crippen LogP contribution >= 0.6 is 0 Å². The Hall–Kier alpha value is -2.35. The molecule has 100 valence electrons. The Kier molecular flexibility index (Phi) is 3.81. The molecule has 0 atom stereocenters. The summed E-state index contributed by atoms with van der Waals surface area (Å²) in [5, 5.41) is 11.9. The number of benzene rings is 1. The fourth-order valence-electron chi connectivity index (χ4n) is 1.34. The van der Waals surface area contributed by atoms with Gasteiger partial charge in [0.1, 0.15) is 24.8 Å². The van der Waals surface area contributed by atoms with Crippen molar-refractivity contribution in [1.29, 1.82) is 0 Å². The minimum absolute atomic E-state index is 0.00711. The molecule has 0 amide bonds. The number of halogens is 2. The number of carbonyl (C=O) groups is 1. The molecule has 2 rings (SSSR count). The maximum absolute atomic E-state index is 13.0. The smallest absolute Gasteiger partial charge is 0.329 e. The van der Waals surface area contributed by atoms with Crippen LogP contribution in [-0.4, -0.2) is 27.8 Å². The molecule has 2 aromatic rings. The summed E-state index contributed by atoms with van der Waals surface area (Å²) in [6.45, 7) is -0.705.